The van der Waals surface area contributed by atoms with Crippen LogP contribution < -0.4 is 10.1 Å². The van der Waals surface area contributed by atoms with Crippen molar-refractivity contribution in [3.63, 3.8) is 0 Å². The topological polar surface area (TPSA) is 109 Å². The van der Waals surface area contributed by atoms with E-state index in [9.17, 15) is 22.5 Å². The molecule has 3 rings (SSSR count). The maximum atomic E-state index is 14.9. The first kappa shape index (κ1) is 28.2. The number of amides is 1. The molecular formula is C24H26F3N2O7P. The van der Waals surface area contributed by atoms with Gasteiger partial charge in [-0.1, -0.05) is 35.5 Å². The van der Waals surface area contributed by atoms with Gasteiger partial charge in [-0.2, -0.15) is 13.2 Å². The molecule has 0 saturated heterocycles. The lowest BCUT2D eigenvalue weighted by molar-refractivity contribution is -0.183. The predicted molar refractivity (Wildman–Crippen MR) is 127 cm³/mol. The van der Waals surface area contributed by atoms with Crippen molar-refractivity contribution >= 4 is 13.7 Å². The quantitative estimate of drug-likeness (QED) is 0.283. The molecule has 0 saturated carbocycles. The van der Waals surface area contributed by atoms with Crippen molar-refractivity contribution < 1.29 is 45.6 Å². The third-order valence-electron chi connectivity index (χ3n) is 5.17. The van der Waals surface area contributed by atoms with E-state index in [1.807, 2.05) is 0 Å². The van der Waals surface area contributed by atoms with Crippen molar-refractivity contribution in [3.05, 3.63) is 72.0 Å². The Morgan fingerprint density at radius 3 is 2.19 bits per heavy atom. The number of halogens is 3. The molecule has 0 spiro atoms. The van der Waals surface area contributed by atoms with E-state index in [1.54, 1.807) is 59.9 Å². The van der Waals surface area contributed by atoms with Crippen LogP contribution in [-0.4, -0.2) is 37.7 Å². The van der Waals surface area contributed by atoms with Crippen molar-refractivity contribution in [2.24, 2.45) is 0 Å². The Balaban J connectivity index is 2.09. The van der Waals surface area contributed by atoms with Crippen LogP contribution in [0.4, 0.5) is 18.0 Å². The first-order chi connectivity index (χ1) is 17.6. The number of carbonyl (C=O) groups is 1. The highest BCUT2D eigenvalue weighted by molar-refractivity contribution is 7.55. The minimum atomic E-state index is -5.44. The number of alkyl carbamates (subject to hydrolysis) is 1. The number of nitrogens with one attached hydrogen (secondary N) is 1. The summed E-state index contributed by atoms with van der Waals surface area (Å²) in [7, 11) is -3.77. The van der Waals surface area contributed by atoms with Crippen LogP contribution in [0.2, 0.25) is 0 Å². The van der Waals surface area contributed by atoms with Crippen LogP contribution in [0.5, 0.6) is 5.75 Å². The highest BCUT2D eigenvalue weighted by Crippen LogP contribution is 2.69. The standard InChI is InChI=1S/C24H26F3N2O7P/c1-4-34-37(31,35-5-2)23(24(25,26)27,28-22(30)33-16-17-9-7-6-8-10-17)21-15-20(29-36-21)18-11-13-19(32-3)14-12-18/h6-15H,4-5,16H2,1-3H3,(H,28,30). The molecule has 1 unspecified atom stereocenters. The largest absolute Gasteiger partial charge is 0.497 e. The van der Waals surface area contributed by atoms with Crippen molar-refractivity contribution in [1.29, 1.82) is 0 Å². The van der Waals surface area contributed by atoms with Gasteiger partial charge in [0.05, 0.1) is 20.3 Å². The van der Waals surface area contributed by atoms with Gasteiger partial charge in [-0.05, 0) is 43.7 Å². The lowest BCUT2D eigenvalue weighted by Gasteiger charge is -2.37. The summed E-state index contributed by atoms with van der Waals surface area (Å²) in [6.07, 6.45) is -6.96. The van der Waals surface area contributed by atoms with Crippen LogP contribution in [0.3, 0.4) is 0 Å². The number of alkyl halides is 3. The van der Waals surface area contributed by atoms with Gasteiger partial charge in [-0.15, -0.1) is 0 Å². The van der Waals surface area contributed by atoms with Gasteiger partial charge in [0.1, 0.15) is 18.1 Å². The van der Waals surface area contributed by atoms with E-state index in [2.05, 4.69) is 5.16 Å². The summed E-state index contributed by atoms with van der Waals surface area (Å²) in [4.78, 5) is 12.7. The summed E-state index contributed by atoms with van der Waals surface area (Å²) in [5, 5.41) is 1.65. The van der Waals surface area contributed by atoms with Gasteiger partial charge < -0.3 is 23.0 Å². The van der Waals surface area contributed by atoms with Crippen LogP contribution in [0, 0.1) is 0 Å². The summed E-state index contributed by atoms with van der Waals surface area (Å²) in [5.74, 6) is -0.496. The summed E-state index contributed by atoms with van der Waals surface area (Å²) >= 11 is 0. The molecule has 1 atom stereocenters. The van der Waals surface area contributed by atoms with Crippen LogP contribution in [0.1, 0.15) is 25.2 Å². The molecule has 1 aromatic heterocycles. The number of hydrogen-bond acceptors (Lipinski definition) is 8. The maximum Gasteiger partial charge on any atom is 0.431 e. The average Bonchev–Trinajstić information content (AvgIpc) is 3.36. The Hall–Kier alpha value is -3.34. The van der Waals surface area contributed by atoms with Crippen molar-refractivity contribution in [3.8, 4) is 17.0 Å². The zero-order valence-corrected chi connectivity index (χ0v) is 21.2. The van der Waals surface area contributed by atoms with Gasteiger partial charge in [0.2, 0.25) is 0 Å². The molecule has 3 aromatic rings. The van der Waals surface area contributed by atoms with Gasteiger partial charge in [0.15, 0.2) is 5.76 Å². The summed E-state index contributed by atoms with van der Waals surface area (Å²) < 4.78 is 83.9. The number of benzene rings is 2. The van der Waals surface area contributed by atoms with Crippen molar-refractivity contribution in [2.45, 2.75) is 31.9 Å². The molecule has 37 heavy (non-hydrogen) atoms. The first-order valence-corrected chi connectivity index (χ1v) is 12.7. The molecule has 0 bridgehead atoms. The number of nitrogens with zero attached hydrogens (tertiary/aromatic N) is 1. The fourth-order valence-electron chi connectivity index (χ4n) is 3.45. The molecule has 2 aromatic carbocycles. The molecule has 0 fully saturated rings. The number of carbonyl (C=O) groups excluding carboxylic acids is 1. The second kappa shape index (κ2) is 11.8. The lowest BCUT2D eigenvalue weighted by Crippen LogP contribution is -2.56. The molecule has 0 aliphatic rings. The molecule has 1 amide bonds. The van der Waals surface area contributed by atoms with Crippen LogP contribution in [-0.2, 0) is 30.2 Å². The van der Waals surface area contributed by atoms with E-state index >= 15 is 0 Å². The first-order valence-electron chi connectivity index (χ1n) is 11.2. The van der Waals surface area contributed by atoms with Gasteiger partial charge in [-0.3, -0.25) is 9.88 Å². The minimum Gasteiger partial charge on any atom is -0.497 e. The summed E-state index contributed by atoms with van der Waals surface area (Å²) in [5.41, 5.74) is 0.876. The Labute approximate surface area is 211 Å². The fraction of sp³-hybridized carbons (Fsp3) is 0.333. The third kappa shape index (κ3) is 5.98. The van der Waals surface area contributed by atoms with E-state index in [0.717, 1.165) is 6.07 Å². The van der Waals surface area contributed by atoms with E-state index in [1.165, 1.54) is 21.0 Å². The Kier molecular flexibility index (Phi) is 9.01. The van der Waals surface area contributed by atoms with E-state index in [4.69, 9.17) is 23.0 Å². The number of methoxy groups -OCH3 is 1. The van der Waals surface area contributed by atoms with Crippen molar-refractivity contribution in [1.82, 2.24) is 10.5 Å². The second-order valence-corrected chi connectivity index (χ2v) is 9.71. The van der Waals surface area contributed by atoms with Gasteiger partial charge in [-0.25, -0.2) is 4.79 Å². The Morgan fingerprint density at radius 1 is 1.03 bits per heavy atom. The van der Waals surface area contributed by atoms with Crippen LogP contribution in [0.25, 0.3) is 11.3 Å². The highest BCUT2D eigenvalue weighted by Gasteiger charge is 2.73. The van der Waals surface area contributed by atoms with E-state index < -0.39 is 44.1 Å². The Morgan fingerprint density at radius 2 is 1.65 bits per heavy atom. The number of ether oxygens (including phenoxy) is 2. The lowest BCUT2D eigenvalue weighted by atomic mass is 10.1. The molecule has 1 N–H and O–H groups in total. The fourth-order valence-corrected chi connectivity index (χ4v) is 5.51. The molecular weight excluding hydrogens is 516 g/mol. The van der Waals surface area contributed by atoms with Gasteiger partial charge in [0.25, 0.3) is 0 Å². The molecule has 0 aliphatic carbocycles. The van der Waals surface area contributed by atoms with Crippen LogP contribution in [0.15, 0.2) is 65.2 Å². The minimum absolute atomic E-state index is 0.0229. The summed E-state index contributed by atoms with van der Waals surface area (Å²) in [6, 6.07) is 15.5. The zero-order valence-electron chi connectivity index (χ0n) is 20.3. The average molecular weight is 542 g/mol. The van der Waals surface area contributed by atoms with Crippen molar-refractivity contribution in [2.75, 3.05) is 20.3 Å². The smallest absolute Gasteiger partial charge is 0.431 e. The van der Waals surface area contributed by atoms with Gasteiger partial charge >= 0.3 is 25.1 Å². The highest BCUT2D eigenvalue weighted by atomic mass is 31.2. The maximum absolute atomic E-state index is 14.9. The molecule has 1 heterocycles. The number of hydrogen-bond donors (Lipinski definition) is 1. The SMILES string of the molecule is CCOP(=O)(OCC)C(NC(=O)OCc1ccccc1)(c1cc(-c2ccc(OC)cc2)no1)C(F)(F)F. The van der Waals surface area contributed by atoms with E-state index in [-0.39, 0.29) is 12.3 Å². The number of rotatable bonds is 11. The molecule has 0 radical (unpaired) electrons. The third-order valence-corrected chi connectivity index (χ3v) is 7.77. The predicted octanol–water partition coefficient (Wildman–Crippen LogP) is 6.26. The van der Waals surface area contributed by atoms with Gasteiger partial charge in [0, 0.05) is 11.6 Å². The molecule has 9 nitrogen and oxygen atoms in total. The normalized spacial score (nSPS) is 13.6. The zero-order chi connectivity index (χ0) is 27.1. The van der Waals surface area contributed by atoms with E-state index in [0.29, 0.717) is 16.9 Å². The second-order valence-electron chi connectivity index (χ2n) is 7.53. The molecule has 0 aliphatic heterocycles. The summed E-state index contributed by atoms with van der Waals surface area (Å²) in [6.45, 7) is 1.49. The van der Waals surface area contributed by atoms with Crippen LogP contribution >= 0.6 is 7.60 Å². The molecule has 13 heteroatoms. The monoisotopic (exact) mass is 542 g/mol. The number of aromatic nitrogens is 1. The Bertz CT molecular complexity index is 1210. The molecule has 200 valence electrons.